The Bertz CT molecular complexity index is 550. The maximum atomic E-state index is 11.8. The van der Waals surface area contributed by atoms with E-state index in [-0.39, 0.29) is 18.4 Å². The average Bonchev–Trinajstić information content (AvgIpc) is 2.88. The van der Waals surface area contributed by atoms with E-state index in [1.165, 1.54) is 5.06 Å². The SMILES string of the molecule is CC(CC=O)CNC(=O)ON1COC(O)C1Cc1ccc(O)cc1. The van der Waals surface area contributed by atoms with Crippen LogP contribution >= 0.6 is 0 Å². The van der Waals surface area contributed by atoms with Crippen LogP contribution in [-0.2, 0) is 20.8 Å². The molecule has 24 heavy (non-hydrogen) atoms. The van der Waals surface area contributed by atoms with E-state index < -0.39 is 18.4 Å². The van der Waals surface area contributed by atoms with E-state index in [1.807, 2.05) is 6.92 Å². The predicted molar refractivity (Wildman–Crippen MR) is 83.7 cm³/mol. The maximum Gasteiger partial charge on any atom is 0.426 e. The van der Waals surface area contributed by atoms with Crippen LogP contribution in [0.25, 0.3) is 0 Å². The molecule has 0 bridgehead atoms. The molecule has 132 valence electrons. The first kappa shape index (κ1) is 18.2. The number of amides is 1. The maximum absolute atomic E-state index is 11.8. The number of aliphatic hydroxyl groups excluding tert-OH is 1. The number of aldehydes is 1. The lowest BCUT2D eigenvalue weighted by Crippen LogP contribution is -2.41. The highest BCUT2D eigenvalue weighted by Gasteiger charge is 2.37. The van der Waals surface area contributed by atoms with Crippen molar-refractivity contribution in [3.63, 3.8) is 0 Å². The number of carbonyl (C=O) groups excluding carboxylic acids is 2. The molecule has 3 unspecified atom stereocenters. The number of benzene rings is 1. The minimum Gasteiger partial charge on any atom is -0.508 e. The summed E-state index contributed by atoms with van der Waals surface area (Å²) >= 11 is 0. The Morgan fingerprint density at radius 2 is 2.21 bits per heavy atom. The summed E-state index contributed by atoms with van der Waals surface area (Å²) in [5.41, 5.74) is 0.857. The molecule has 1 amide bonds. The number of hydrogen-bond acceptors (Lipinski definition) is 7. The van der Waals surface area contributed by atoms with Crippen LogP contribution in [0.2, 0.25) is 0 Å². The number of carbonyl (C=O) groups is 2. The van der Waals surface area contributed by atoms with Gasteiger partial charge in [0, 0.05) is 13.0 Å². The molecular formula is C16H22N2O6. The van der Waals surface area contributed by atoms with Gasteiger partial charge in [-0.1, -0.05) is 19.1 Å². The molecule has 1 aliphatic rings. The highest BCUT2D eigenvalue weighted by molar-refractivity contribution is 5.66. The minimum absolute atomic E-state index is 0.0169. The van der Waals surface area contributed by atoms with Crippen molar-refractivity contribution in [1.82, 2.24) is 10.4 Å². The molecule has 2 rings (SSSR count). The third-order valence-corrected chi connectivity index (χ3v) is 3.75. The fourth-order valence-corrected chi connectivity index (χ4v) is 2.31. The smallest absolute Gasteiger partial charge is 0.426 e. The second kappa shape index (κ2) is 8.62. The Kier molecular flexibility index (Phi) is 6.53. The van der Waals surface area contributed by atoms with E-state index in [0.717, 1.165) is 11.8 Å². The first-order valence-electron chi connectivity index (χ1n) is 7.73. The number of hydroxylamine groups is 2. The van der Waals surface area contributed by atoms with Crippen LogP contribution in [-0.4, -0.2) is 53.3 Å². The molecule has 1 fully saturated rings. The Hall–Kier alpha value is -2.16. The van der Waals surface area contributed by atoms with Crippen LogP contribution in [0.3, 0.4) is 0 Å². The third kappa shape index (κ3) is 5.19. The molecule has 3 atom stereocenters. The number of nitrogens with one attached hydrogen (secondary N) is 1. The number of rotatable bonds is 7. The van der Waals surface area contributed by atoms with Crippen LogP contribution in [0, 0.1) is 5.92 Å². The number of phenols is 1. The van der Waals surface area contributed by atoms with Crippen LogP contribution in [0.15, 0.2) is 24.3 Å². The predicted octanol–water partition coefficient (Wildman–Crippen LogP) is 0.778. The summed E-state index contributed by atoms with van der Waals surface area (Å²) in [4.78, 5) is 27.4. The van der Waals surface area contributed by atoms with Crippen LogP contribution in [0.1, 0.15) is 18.9 Å². The van der Waals surface area contributed by atoms with Gasteiger partial charge >= 0.3 is 6.09 Å². The van der Waals surface area contributed by atoms with Crippen LogP contribution in [0.5, 0.6) is 5.75 Å². The molecule has 0 spiro atoms. The Balaban J connectivity index is 1.87. The third-order valence-electron chi connectivity index (χ3n) is 3.75. The molecule has 3 N–H and O–H groups in total. The standard InChI is InChI=1S/C16H22N2O6/c1-11(6-7-19)9-17-16(22)24-18-10-23-15(21)14(18)8-12-2-4-13(20)5-3-12/h2-5,7,11,14-15,20-21H,6,8-10H2,1H3,(H,17,22). The van der Waals surface area contributed by atoms with E-state index in [1.54, 1.807) is 24.3 Å². The molecule has 0 aliphatic carbocycles. The quantitative estimate of drug-likeness (QED) is 0.630. The molecule has 0 aromatic heterocycles. The fraction of sp³-hybridized carbons (Fsp3) is 0.500. The molecule has 1 aliphatic heterocycles. The molecule has 8 heteroatoms. The molecule has 0 radical (unpaired) electrons. The van der Waals surface area contributed by atoms with Crippen molar-refractivity contribution in [3.8, 4) is 5.75 Å². The Labute approximate surface area is 139 Å². The lowest BCUT2D eigenvalue weighted by atomic mass is 10.1. The highest BCUT2D eigenvalue weighted by atomic mass is 16.8. The number of ether oxygens (including phenoxy) is 1. The summed E-state index contributed by atoms with van der Waals surface area (Å²) in [5.74, 6) is 0.169. The summed E-state index contributed by atoms with van der Waals surface area (Å²) in [7, 11) is 0. The summed E-state index contributed by atoms with van der Waals surface area (Å²) in [6.07, 6.45) is -0.205. The van der Waals surface area contributed by atoms with Gasteiger partial charge in [-0.15, -0.1) is 5.06 Å². The second-order valence-corrected chi connectivity index (χ2v) is 5.81. The molecule has 8 nitrogen and oxygen atoms in total. The van der Waals surface area contributed by atoms with Gasteiger partial charge < -0.3 is 29.9 Å². The van der Waals surface area contributed by atoms with Crippen molar-refractivity contribution in [2.45, 2.75) is 32.1 Å². The van der Waals surface area contributed by atoms with E-state index in [4.69, 9.17) is 9.57 Å². The molecule has 0 saturated carbocycles. The Morgan fingerprint density at radius 1 is 1.50 bits per heavy atom. The van der Waals surface area contributed by atoms with Gasteiger partial charge in [-0.05, 0) is 30.0 Å². The number of aliphatic hydroxyl groups is 1. The zero-order valence-electron chi connectivity index (χ0n) is 13.4. The largest absolute Gasteiger partial charge is 0.508 e. The summed E-state index contributed by atoms with van der Waals surface area (Å²) in [5, 5.41) is 23.1. The fourth-order valence-electron chi connectivity index (χ4n) is 2.31. The molecule has 1 aromatic carbocycles. The number of nitrogens with zero attached hydrogens (tertiary/aromatic N) is 1. The number of aromatic hydroxyl groups is 1. The first-order valence-corrected chi connectivity index (χ1v) is 7.73. The van der Waals surface area contributed by atoms with E-state index in [2.05, 4.69) is 5.32 Å². The summed E-state index contributed by atoms with van der Waals surface area (Å²) in [6, 6.07) is 5.99. The topological polar surface area (TPSA) is 108 Å². The molecule has 1 heterocycles. The van der Waals surface area contributed by atoms with Gasteiger partial charge in [0.2, 0.25) is 0 Å². The van der Waals surface area contributed by atoms with Crippen molar-refractivity contribution in [2.75, 3.05) is 13.3 Å². The van der Waals surface area contributed by atoms with Gasteiger partial charge in [0.05, 0.1) is 0 Å². The summed E-state index contributed by atoms with van der Waals surface area (Å²) in [6.45, 7) is 2.11. The van der Waals surface area contributed by atoms with E-state index in [9.17, 15) is 19.8 Å². The first-order chi connectivity index (χ1) is 11.5. The van der Waals surface area contributed by atoms with Crippen molar-refractivity contribution in [1.29, 1.82) is 0 Å². The minimum atomic E-state index is -1.08. The van der Waals surface area contributed by atoms with Crippen molar-refractivity contribution in [3.05, 3.63) is 29.8 Å². The van der Waals surface area contributed by atoms with Crippen LogP contribution in [0.4, 0.5) is 4.79 Å². The highest BCUT2D eigenvalue weighted by Crippen LogP contribution is 2.21. The van der Waals surface area contributed by atoms with Gasteiger partial charge in [0.25, 0.3) is 0 Å². The molecule has 1 saturated heterocycles. The number of phenolic OH excluding ortho intramolecular Hbond substituents is 1. The zero-order valence-corrected chi connectivity index (χ0v) is 13.4. The van der Waals surface area contributed by atoms with Crippen molar-refractivity contribution >= 4 is 12.4 Å². The second-order valence-electron chi connectivity index (χ2n) is 5.81. The normalized spacial score (nSPS) is 22.1. The van der Waals surface area contributed by atoms with Gasteiger partial charge in [-0.2, -0.15) is 0 Å². The van der Waals surface area contributed by atoms with Crippen molar-refractivity contribution in [2.24, 2.45) is 5.92 Å². The van der Waals surface area contributed by atoms with Crippen molar-refractivity contribution < 1.29 is 29.4 Å². The van der Waals surface area contributed by atoms with Gasteiger partial charge in [0.15, 0.2) is 6.29 Å². The van der Waals surface area contributed by atoms with Gasteiger partial charge in [-0.25, -0.2) is 4.79 Å². The monoisotopic (exact) mass is 338 g/mol. The van der Waals surface area contributed by atoms with E-state index in [0.29, 0.717) is 19.4 Å². The van der Waals surface area contributed by atoms with E-state index >= 15 is 0 Å². The Morgan fingerprint density at radius 3 is 2.88 bits per heavy atom. The lowest BCUT2D eigenvalue weighted by molar-refractivity contribution is -0.127. The molecular weight excluding hydrogens is 316 g/mol. The lowest BCUT2D eigenvalue weighted by Gasteiger charge is -2.22. The number of hydrogen-bond donors (Lipinski definition) is 3. The molecule has 1 aromatic rings. The zero-order chi connectivity index (χ0) is 17.5. The van der Waals surface area contributed by atoms with Gasteiger partial charge in [0.1, 0.15) is 24.8 Å². The van der Waals surface area contributed by atoms with Crippen LogP contribution < -0.4 is 5.32 Å². The average molecular weight is 338 g/mol. The summed E-state index contributed by atoms with van der Waals surface area (Å²) < 4.78 is 5.12. The van der Waals surface area contributed by atoms with Gasteiger partial charge in [-0.3, -0.25) is 0 Å².